The Balaban J connectivity index is 2.56. The summed E-state index contributed by atoms with van der Waals surface area (Å²) in [6.07, 6.45) is 3.54. The second-order valence-electron chi connectivity index (χ2n) is 4.35. The minimum Gasteiger partial charge on any atom is -0.392 e. The fraction of sp³-hybridized carbons (Fsp3) is 0.900. The maximum atomic E-state index is 11.9. The van der Waals surface area contributed by atoms with Gasteiger partial charge in [-0.1, -0.05) is 32.5 Å². The van der Waals surface area contributed by atoms with E-state index in [0.717, 1.165) is 19.3 Å². The Morgan fingerprint density at radius 1 is 1.56 bits per heavy atom. The van der Waals surface area contributed by atoms with Crippen LogP contribution in [0.25, 0.3) is 0 Å². The average molecular weight is 264 g/mol. The van der Waals surface area contributed by atoms with E-state index < -0.39 is 15.3 Å². The first-order valence-electron chi connectivity index (χ1n) is 5.72. The molecule has 0 spiro atoms. The first kappa shape index (κ1) is 13.9. The summed E-state index contributed by atoms with van der Waals surface area (Å²) in [6, 6.07) is 0.105. The van der Waals surface area contributed by atoms with Crippen LogP contribution in [0.2, 0.25) is 0 Å². The molecule has 1 rings (SSSR count). The average Bonchev–Trinajstić information content (AvgIpc) is 2.82. The maximum Gasteiger partial charge on any atom is 0.221 e. The molecule has 0 saturated heterocycles. The normalized spacial score (nSPS) is 26.4. The van der Waals surface area contributed by atoms with E-state index in [1.165, 1.54) is 0 Å². The third-order valence-electron chi connectivity index (χ3n) is 2.96. The van der Waals surface area contributed by atoms with Crippen LogP contribution in [0.3, 0.4) is 0 Å². The lowest BCUT2D eigenvalue weighted by Gasteiger charge is -2.15. The van der Waals surface area contributed by atoms with Crippen LogP contribution in [0, 0.1) is 5.92 Å². The monoisotopic (exact) mass is 264 g/mol. The summed E-state index contributed by atoms with van der Waals surface area (Å²) in [5.74, 6) is 0.503. The molecule has 0 aromatic rings. The number of hydrogen-bond acceptors (Lipinski definition) is 3. The van der Waals surface area contributed by atoms with Crippen molar-refractivity contribution >= 4 is 27.2 Å². The predicted molar refractivity (Wildman–Crippen MR) is 69.7 cm³/mol. The summed E-state index contributed by atoms with van der Waals surface area (Å²) in [5, 5.41) is -0.731. The first-order chi connectivity index (χ1) is 7.42. The van der Waals surface area contributed by atoms with E-state index >= 15 is 0 Å². The van der Waals surface area contributed by atoms with E-state index in [1.54, 1.807) is 6.92 Å². The Bertz CT molecular complexity index is 354. The summed E-state index contributed by atoms with van der Waals surface area (Å²) in [6.45, 7) is 3.88. The molecular weight excluding hydrogens is 244 g/mol. The molecule has 94 valence electrons. The highest BCUT2D eigenvalue weighted by atomic mass is 32.2. The highest BCUT2D eigenvalue weighted by Gasteiger charge is 2.41. The number of thiocarbonyl (C=S) groups is 1. The van der Waals surface area contributed by atoms with Crippen LogP contribution in [-0.4, -0.2) is 24.7 Å². The van der Waals surface area contributed by atoms with Crippen molar-refractivity contribution in [3.05, 3.63) is 0 Å². The SMILES string of the molecule is CCCC1CC1NS(=O)(=O)C(CC)C(N)=S. The van der Waals surface area contributed by atoms with E-state index in [2.05, 4.69) is 11.6 Å². The van der Waals surface area contributed by atoms with Crippen molar-refractivity contribution in [2.24, 2.45) is 11.7 Å². The van der Waals surface area contributed by atoms with Crippen molar-refractivity contribution < 1.29 is 8.42 Å². The molecule has 1 aliphatic rings. The fourth-order valence-corrected chi connectivity index (χ4v) is 4.11. The third kappa shape index (κ3) is 3.40. The summed E-state index contributed by atoms with van der Waals surface area (Å²) in [5.41, 5.74) is 5.44. The zero-order chi connectivity index (χ0) is 12.3. The van der Waals surface area contributed by atoms with E-state index in [-0.39, 0.29) is 11.0 Å². The van der Waals surface area contributed by atoms with Gasteiger partial charge in [-0.15, -0.1) is 0 Å². The molecular formula is C10H20N2O2S2. The van der Waals surface area contributed by atoms with E-state index in [1.807, 2.05) is 0 Å². The minimum atomic E-state index is -3.38. The second-order valence-corrected chi connectivity index (χ2v) is 6.72. The molecule has 16 heavy (non-hydrogen) atoms. The fourth-order valence-electron chi connectivity index (χ4n) is 1.95. The molecule has 0 heterocycles. The molecule has 6 heteroatoms. The summed E-state index contributed by atoms with van der Waals surface area (Å²) in [7, 11) is -3.38. The van der Waals surface area contributed by atoms with Gasteiger partial charge in [0.05, 0.1) is 4.99 Å². The van der Waals surface area contributed by atoms with Gasteiger partial charge < -0.3 is 5.73 Å². The third-order valence-corrected chi connectivity index (χ3v) is 5.36. The lowest BCUT2D eigenvalue weighted by Crippen LogP contribution is -2.42. The molecule has 3 N–H and O–H groups in total. The minimum absolute atomic E-state index is 0.0580. The van der Waals surface area contributed by atoms with E-state index in [9.17, 15) is 8.42 Å². The van der Waals surface area contributed by atoms with Gasteiger partial charge in [0.1, 0.15) is 5.25 Å². The smallest absolute Gasteiger partial charge is 0.221 e. The van der Waals surface area contributed by atoms with Crippen LogP contribution < -0.4 is 10.5 Å². The van der Waals surface area contributed by atoms with Crippen LogP contribution in [0.5, 0.6) is 0 Å². The van der Waals surface area contributed by atoms with Crippen LogP contribution >= 0.6 is 12.2 Å². The second kappa shape index (κ2) is 5.42. The molecule has 0 radical (unpaired) electrons. The topological polar surface area (TPSA) is 72.2 Å². The van der Waals surface area contributed by atoms with Gasteiger partial charge in [0.15, 0.2) is 0 Å². The molecule has 3 unspecified atom stereocenters. The largest absolute Gasteiger partial charge is 0.392 e. The van der Waals surface area contributed by atoms with E-state index in [0.29, 0.717) is 12.3 Å². The van der Waals surface area contributed by atoms with Crippen molar-refractivity contribution in [3.8, 4) is 0 Å². The number of hydrogen-bond donors (Lipinski definition) is 2. The Kier molecular flexibility index (Phi) is 4.70. The van der Waals surface area contributed by atoms with Crippen LogP contribution in [0.4, 0.5) is 0 Å². The zero-order valence-electron chi connectivity index (χ0n) is 9.77. The van der Waals surface area contributed by atoms with Gasteiger partial charge in [-0.05, 0) is 25.2 Å². The summed E-state index contributed by atoms with van der Waals surface area (Å²) >= 11 is 4.78. The number of sulfonamides is 1. The summed E-state index contributed by atoms with van der Waals surface area (Å²) in [4.78, 5) is 0.0580. The van der Waals surface area contributed by atoms with E-state index in [4.69, 9.17) is 18.0 Å². The molecule has 1 aliphatic carbocycles. The maximum absolute atomic E-state index is 11.9. The molecule has 4 nitrogen and oxygen atoms in total. The van der Waals surface area contributed by atoms with Crippen molar-refractivity contribution in [1.29, 1.82) is 0 Å². The summed E-state index contributed by atoms with van der Waals surface area (Å²) < 4.78 is 26.6. The van der Waals surface area contributed by atoms with Gasteiger partial charge >= 0.3 is 0 Å². The Labute approximate surface area is 103 Å². The van der Waals surface area contributed by atoms with Crippen molar-refractivity contribution in [2.45, 2.75) is 50.8 Å². The van der Waals surface area contributed by atoms with Crippen LogP contribution in [0.1, 0.15) is 39.5 Å². The van der Waals surface area contributed by atoms with Crippen molar-refractivity contribution in [2.75, 3.05) is 0 Å². The Hall–Kier alpha value is -0.200. The molecule has 0 aromatic carbocycles. The van der Waals surface area contributed by atoms with Gasteiger partial charge in [0.25, 0.3) is 0 Å². The van der Waals surface area contributed by atoms with Gasteiger partial charge in [0.2, 0.25) is 10.0 Å². The van der Waals surface area contributed by atoms with Crippen LogP contribution in [-0.2, 0) is 10.0 Å². The predicted octanol–water partition coefficient (Wildman–Crippen LogP) is 1.16. The molecule has 0 amide bonds. The van der Waals surface area contributed by atoms with Crippen LogP contribution in [0.15, 0.2) is 0 Å². The molecule has 0 aromatic heterocycles. The molecule has 1 fully saturated rings. The molecule has 0 bridgehead atoms. The first-order valence-corrected chi connectivity index (χ1v) is 7.68. The van der Waals surface area contributed by atoms with Gasteiger partial charge in [-0.2, -0.15) is 0 Å². The molecule has 3 atom stereocenters. The highest BCUT2D eigenvalue weighted by molar-refractivity contribution is 7.93. The Morgan fingerprint density at radius 3 is 2.62 bits per heavy atom. The number of nitrogens with two attached hydrogens (primary N) is 1. The van der Waals surface area contributed by atoms with Crippen molar-refractivity contribution in [3.63, 3.8) is 0 Å². The Morgan fingerprint density at radius 2 is 2.19 bits per heavy atom. The van der Waals surface area contributed by atoms with Gasteiger partial charge in [-0.25, -0.2) is 13.1 Å². The molecule has 0 aliphatic heterocycles. The standard InChI is InChI=1S/C10H20N2O2S2/c1-3-5-7-6-8(7)12-16(13,14)9(4-2)10(11)15/h7-9,12H,3-6H2,1-2H3,(H2,11,15). The zero-order valence-corrected chi connectivity index (χ0v) is 11.4. The lowest BCUT2D eigenvalue weighted by molar-refractivity contribution is 0.566. The van der Waals surface area contributed by atoms with Gasteiger partial charge in [-0.3, -0.25) is 0 Å². The molecule has 1 saturated carbocycles. The highest BCUT2D eigenvalue weighted by Crippen LogP contribution is 2.35. The van der Waals surface area contributed by atoms with Crippen molar-refractivity contribution in [1.82, 2.24) is 4.72 Å². The quantitative estimate of drug-likeness (QED) is 0.677. The lowest BCUT2D eigenvalue weighted by atomic mass is 10.2. The number of rotatable bonds is 7. The van der Waals surface area contributed by atoms with Gasteiger partial charge in [0, 0.05) is 6.04 Å². The number of nitrogens with one attached hydrogen (secondary N) is 1.